The molecule has 0 aliphatic rings. The van der Waals surface area contributed by atoms with Crippen LogP contribution in [0.1, 0.15) is 27.0 Å². The molecule has 3 aromatic rings. The van der Waals surface area contributed by atoms with Gasteiger partial charge in [0.15, 0.2) is 5.78 Å². The Hall–Kier alpha value is -4.19. The van der Waals surface area contributed by atoms with E-state index in [4.69, 9.17) is 4.74 Å². The third-order valence-corrected chi connectivity index (χ3v) is 4.54. The lowest BCUT2D eigenvalue weighted by Crippen LogP contribution is -2.19. The van der Waals surface area contributed by atoms with Crippen LogP contribution in [0, 0.1) is 6.92 Å². The maximum Gasteiger partial charge on any atom is 0.353 e. The predicted molar refractivity (Wildman–Crippen MR) is 119 cm³/mol. The zero-order chi connectivity index (χ0) is 22.2. The average Bonchev–Trinajstić information content (AvgIpc) is 2.80. The number of benzene rings is 3. The van der Waals surface area contributed by atoms with Gasteiger partial charge in [0, 0.05) is 22.8 Å². The molecule has 3 aromatic carbocycles. The summed E-state index contributed by atoms with van der Waals surface area (Å²) in [6, 6.07) is 23.6. The Labute approximate surface area is 180 Å². The van der Waals surface area contributed by atoms with Crippen molar-refractivity contribution in [3.63, 3.8) is 0 Å². The van der Waals surface area contributed by atoms with Crippen molar-refractivity contribution >= 4 is 17.5 Å². The van der Waals surface area contributed by atoms with Crippen LogP contribution < -0.4 is 10.2 Å². The quantitative estimate of drug-likeness (QED) is 0.250. The summed E-state index contributed by atoms with van der Waals surface area (Å²) in [5, 5.41) is 13.9. The van der Waals surface area contributed by atoms with E-state index in [0.29, 0.717) is 17.0 Å². The molecule has 0 aliphatic carbocycles. The standard InChI is InChI=1S/C25H22N2O4/c1-17-8-10-20(11-9-17)24(19-6-4-3-5-7-19)27-26-22(25(29)30)16-23(28)18-12-14-21(31-2)15-13-18/h3-16,26H,1-2H3,(H,29,30). The number of carboxylic acids is 1. The highest BCUT2D eigenvalue weighted by Crippen LogP contribution is 2.14. The van der Waals surface area contributed by atoms with Crippen LogP contribution in [0.2, 0.25) is 0 Å². The van der Waals surface area contributed by atoms with Crippen molar-refractivity contribution in [3.8, 4) is 5.75 Å². The van der Waals surface area contributed by atoms with Crippen molar-refractivity contribution in [2.75, 3.05) is 7.11 Å². The largest absolute Gasteiger partial charge is 0.497 e. The van der Waals surface area contributed by atoms with Crippen LogP contribution >= 0.6 is 0 Å². The monoisotopic (exact) mass is 414 g/mol. The average molecular weight is 414 g/mol. The first kappa shape index (κ1) is 21.5. The number of ether oxygens (including phenoxy) is 1. The molecular formula is C25H22N2O4. The molecule has 0 aliphatic heterocycles. The number of carbonyl (C=O) groups excluding carboxylic acids is 1. The zero-order valence-electron chi connectivity index (χ0n) is 17.2. The summed E-state index contributed by atoms with van der Waals surface area (Å²) in [5.74, 6) is -1.14. The normalized spacial score (nSPS) is 11.7. The van der Waals surface area contributed by atoms with Gasteiger partial charge in [0.2, 0.25) is 0 Å². The van der Waals surface area contributed by atoms with Crippen LogP contribution in [0.5, 0.6) is 5.75 Å². The first-order valence-corrected chi connectivity index (χ1v) is 9.57. The number of carbonyl (C=O) groups is 2. The lowest BCUT2D eigenvalue weighted by atomic mass is 10.0. The summed E-state index contributed by atoms with van der Waals surface area (Å²) in [7, 11) is 1.53. The number of ketones is 1. The van der Waals surface area contributed by atoms with E-state index in [1.54, 1.807) is 24.3 Å². The Morgan fingerprint density at radius 3 is 2.03 bits per heavy atom. The van der Waals surface area contributed by atoms with E-state index >= 15 is 0 Å². The molecule has 0 aromatic heterocycles. The van der Waals surface area contributed by atoms with Crippen molar-refractivity contribution in [1.82, 2.24) is 5.43 Å². The number of hydrogen-bond donors (Lipinski definition) is 2. The minimum Gasteiger partial charge on any atom is -0.497 e. The van der Waals surface area contributed by atoms with E-state index in [9.17, 15) is 14.7 Å². The van der Waals surface area contributed by atoms with Crippen molar-refractivity contribution in [3.05, 3.63) is 113 Å². The lowest BCUT2D eigenvalue weighted by Gasteiger charge is -2.09. The molecule has 0 unspecified atom stereocenters. The third-order valence-electron chi connectivity index (χ3n) is 4.54. The fourth-order valence-corrected chi connectivity index (χ4v) is 2.83. The molecule has 0 saturated heterocycles. The second kappa shape index (κ2) is 10.0. The Morgan fingerprint density at radius 1 is 0.871 bits per heavy atom. The molecule has 31 heavy (non-hydrogen) atoms. The molecule has 6 nitrogen and oxygen atoms in total. The summed E-state index contributed by atoms with van der Waals surface area (Å²) in [5.41, 5.74) is 5.85. The highest BCUT2D eigenvalue weighted by molar-refractivity contribution is 6.13. The van der Waals surface area contributed by atoms with Gasteiger partial charge in [-0.15, -0.1) is 0 Å². The van der Waals surface area contributed by atoms with E-state index in [2.05, 4.69) is 10.5 Å². The first-order valence-electron chi connectivity index (χ1n) is 9.57. The number of aliphatic carboxylic acids is 1. The molecule has 2 N–H and O–H groups in total. The van der Waals surface area contributed by atoms with E-state index in [-0.39, 0.29) is 5.70 Å². The summed E-state index contributed by atoms with van der Waals surface area (Å²) in [4.78, 5) is 24.2. The molecule has 0 heterocycles. The molecule has 0 spiro atoms. The Morgan fingerprint density at radius 2 is 1.45 bits per heavy atom. The molecule has 156 valence electrons. The van der Waals surface area contributed by atoms with Crippen molar-refractivity contribution in [2.24, 2.45) is 5.10 Å². The van der Waals surface area contributed by atoms with Gasteiger partial charge >= 0.3 is 5.97 Å². The van der Waals surface area contributed by atoms with Gasteiger partial charge in [-0.25, -0.2) is 4.79 Å². The number of hydrazone groups is 1. The van der Waals surface area contributed by atoms with Gasteiger partial charge in [-0.2, -0.15) is 5.10 Å². The fourth-order valence-electron chi connectivity index (χ4n) is 2.83. The van der Waals surface area contributed by atoms with Crippen LogP contribution in [-0.4, -0.2) is 29.7 Å². The molecule has 0 radical (unpaired) electrons. The van der Waals surface area contributed by atoms with Gasteiger partial charge in [-0.3, -0.25) is 10.2 Å². The number of nitrogens with one attached hydrogen (secondary N) is 1. The van der Waals surface area contributed by atoms with Crippen molar-refractivity contribution < 1.29 is 19.4 Å². The first-order chi connectivity index (χ1) is 15.0. The number of allylic oxidation sites excluding steroid dienone is 1. The highest BCUT2D eigenvalue weighted by atomic mass is 16.5. The molecule has 0 amide bonds. The molecule has 0 bridgehead atoms. The number of aryl methyl sites for hydroxylation is 1. The van der Waals surface area contributed by atoms with Crippen LogP contribution in [0.25, 0.3) is 0 Å². The fraction of sp³-hybridized carbons (Fsp3) is 0.0800. The number of hydrogen-bond acceptors (Lipinski definition) is 5. The minimum absolute atomic E-state index is 0.332. The SMILES string of the molecule is COc1ccc(C(=O)C=C(NN=C(c2ccccc2)c2ccc(C)cc2)C(=O)O)cc1. The minimum atomic E-state index is -1.29. The maximum absolute atomic E-state index is 12.5. The molecule has 0 fully saturated rings. The van der Waals surface area contributed by atoms with Crippen molar-refractivity contribution in [1.29, 1.82) is 0 Å². The Balaban J connectivity index is 1.93. The zero-order valence-corrected chi connectivity index (χ0v) is 17.2. The van der Waals surface area contributed by atoms with Gasteiger partial charge in [0.25, 0.3) is 0 Å². The number of carboxylic acid groups (broad SMARTS) is 1. The summed E-state index contributed by atoms with van der Waals surface area (Å²) in [6.07, 6.45) is 1.02. The molecule has 3 rings (SSSR count). The number of rotatable bonds is 8. The van der Waals surface area contributed by atoms with Crippen molar-refractivity contribution in [2.45, 2.75) is 6.92 Å². The van der Waals surface area contributed by atoms with E-state index in [1.807, 2.05) is 61.5 Å². The van der Waals surface area contributed by atoms with Gasteiger partial charge in [-0.05, 0) is 31.2 Å². The Bertz CT molecular complexity index is 1120. The van der Waals surface area contributed by atoms with Crippen LogP contribution in [0.4, 0.5) is 0 Å². The summed E-state index contributed by atoms with van der Waals surface area (Å²) in [6.45, 7) is 1.98. The number of methoxy groups -OCH3 is 1. The molecular weight excluding hydrogens is 392 g/mol. The lowest BCUT2D eigenvalue weighted by molar-refractivity contribution is -0.133. The predicted octanol–water partition coefficient (Wildman–Crippen LogP) is 4.20. The Kier molecular flexibility index (Phi) is 6.96. The van der Waals surface area contributed by atoms with Gasteiger partial charge in [-0.1, -0.05) is 60.2 Å². The van der Waals surface area contributed by atoms with Crippen LogP contribution in [0.3, 0.4) is 0 Å². The third kappa shape index (κ3) is 5.67. The van der Waals surface area contributed by atoms with E-state index < -0.39 is 11.8 Å². The highest BCUT2D eigenvalue weighted by Gasteiger charge is 2.13. The topological polar surface area (TPSA) is 88.0 Å². The smallest absolute Gasteiger partial charge is 0.353 e. The van der Waals surface area contributed by atoms with Crippen LogP contribution in [0.15, 0.2) is 95.7 Å². The second-order valence-electron chi connectivity index (χ2n) is 6.76. The van der Waals surface area contributed by atoms with E-state index in [1.165, 1.54) is 7.11 Å². The molecule has 6 heteroatoms. The van der Waals surface area contributed by atoms with Gasteiger partial charge in [0.05, 0.1) is 12.8 Å². The molecule has 0 atom stereocenters. The second-order valence-corrected chi connectivity index (χ2v) is 6.76. The number of nitrogens with zero attached hydrogens (tertiary/aromatic N) is 1. The van der Waals surface area contributed by atoms with Gasteiger partial charge in [0.1, 0.15) is 11.4 Å². The summed E-state index contributed by atoms with van der Waals surface area (Å²) >= 11 is 0. The van der Waals surface area contributed by atoms with E-state index in [0.717, 1.165) is 22.8 Å². The van der Waals surface area contributed by atoms with Crippen LogP contribution in [-0.2, 0) is 4.79 Å². The molecule has 0 saturated carbocycles. The maximum atomic E-state index is 12.5. The van der Waals surface area contributed by atoms with Gasteiger partial charge < -0.3 is 9.84 Å². The summed E-state index contributed by atoms with van der Waals surface area (Å²) < 4.78 is 5.07.